The zero-order chi connectivity index (χ0) is 12.8. The molecule has 0 aromatic carbocycles. The lowest BCUT2D eigenvalue weighted by atomic mass is 10.3. The summed E-state index contributed by atoms with van der Waals surface area (Å²) in [6, 6.07) is 3.33. The largest absolute Gasteiger partial charge is 0.376 e. The van der Waals surface area contributed by atoms with Gasteiger partial charge in [0.25, 0.3) is 5.91 Å². The number of carbonyl (C=O) groups excluding carboxylic acids is 1. The second-order valence-corrected chi connectivity index (χ2v) is 3.83. The van der Waals surface area contributed by atoms with Crippen LogP contribution in [-0.4, -0.2) is 55.6 Å². The fourth-order valence-corrected chi connectivity index (χ4v) is 1.55. The van der Waals surface area contributed by atoms with Crippen LogP contribution in [0.2, 0.25) is 0 Å². The number of nitrogens with one attached hydrogen (secondary N) is 2. The molecule has 1 unspecified atom stereocenters. The Bertz CT molecular complexity index is 390. The van der Waals surface area contributed by atoms with E-state index >= 15 is 0 Å². The number of aromatic nitrogens is 2. The number of amides is 1. The molecule has 1 aliphatic rings. The van der Waals surface area contributed by atoms with Crippen LogP contribution in [0.5, 0.6) is 0 Å². The maximum Gasteiger partial charge on any atom is 0.271 e. The minimum absolute atomic E-state index is 0.0270. The number of hydrogen-bond donors (Lipinski definition) is 2. The molecule has 0 aliphatic carbocycles. The van der Waals surface area contributed by atoms with E-state index in [2.05, 4.69) is 20.8 Å². The summed E-state index contributed by atoms with van der Waals surface area (Å²) in [7, 11) is 1.55. The van der Waals surface area contributed by atoms with Crippen LogP contribution in [0.4, 0.5) is 5.82 Å². The van der Waals surface area contributed by atoms with Crippen LogP contribution in [0.1, 0.15) is 10.5 Å². The minimum Gasteiger partial charge on any atom is -0.376 e. The zero-order valence-electron chi connectivity index (χ0n) is 10.2. The van der Waals surface area contributed by atoms with Gasteiger partial charge >= 0.3 is 0 Å². The van der Waals surface area contributed by atoms with Gasteiger partial charge in [-0.3, -0.25) is 4.79 Å². The van der Waals surface area contributed by atoms with Gasteiger partial charge in [-0.05, 0) is 12.1 Å². The van der Waals surface area contributed by atoms with E-state index in [1.807, 2.05) is 0 Å². The Morgan fingerprint density at radius 1 is 1.44 bits per heavy atom. The van der Waals surface area contributed by atoms with Gasteiger partial charge in [0, 0.05) is 13.6 Å². The van der Waals surface area contributed by atoms with Crippen LogP contribution < -0.4 is 10.6 Å². The van der Waals surface area contributed by atoms with Crippen LogP contribution in [0.25, 0.3) is 0 Å². The van der Waals surface area contributed by atoms with Crippen LogP contribution in [0.15, 0.2) is 12.1 Å². The lowest BCUT2D eigenvalue weighted by Crippen LogP contribution is -2.34. The summed E-state index contributed by atoms with van der Waals surface area (Å²) in [5.41, 5.74) is 0.292. The highest BCUT2D eigenvalue weighted by atomic mass is 16.6. The summed E-state index contributed by atoms with van der Waals surface area (Å²) in [6.45, 7) is 2.45. The van der Waals surface area contributed by atoms with Crippen molar-refractivity contribution in [1.29, 1.82) is 0 Å². The Hall–Kier alpha value is -1.73. The monoisotopic (exact) mass is 252 g/mol. The molecule has 1 saturated heterocycles. The van der Waals surface area contributed by atoms with E-state index in [4.69, 9.17) is 9.47 Å². The van der Waals surface area contributed by atoms with Crippen molar-refractivity contribution in [3.63, 3.8) is 0 Å². The molecule has 1 aromatic rings. The number of carbonyl (C=O) groups is 1. The highest BCUT2D eigenvalue weighted by Crippen LogP contribution is 2.05. The fraction of sp³-hybridized carbons (Fsp3) is 0.545. The lowest BCUT2D eigenvalue weighted by Gasteiger charge is -2.23. The third kappa shape index (κ3) is 3.38. The second kappa shape index (κ2) is 6.27. The average molecular weight is 252 g/mol. The van der Waals surface area contributed by atoms with Gasteiger partial charge in [0.05, 0.1) is 25.9 Å². The number of rotatable bonds is 4. The molecule has 18 heavy (non-hydrogen) atoms. The molecule has 1 aliphatic heterocycles. The van der Waals surface area contributed by atoms with Crippen molar-refractivity contribution in [2.75, 3.05) is 38.7 Å². The number of anilines is 1. The van der Waals surface area contributed by atoms with Crippen LogP contribution >= 0.6 is 0 Å². The molecule has 1 fully saturated rings. The predicted molar refractivity (Wildman–Crippen MR) is 64.5 cm³/mol. The molecule has 0 saturated carbocycles. The Morgan fingerprint density at radius 2 is 2.33 bits per heavy atom. The average Bonchev–Trinajstić information content (AvgIpc) is 2.46. The van der Waals surface area contributed by atoms with Gasteiger partial charge < -0.3 is 20.1 Å². The van der Waals surface area contributed by atoms with E-state index in [0.717, 1.165) is 0 Å². The molecule has 0 radical (unpaired) electrons. The summed E-state index contributed by atoms with van der Waals surface area (Å²) >= 11 is 0. The predicted octanol–water partition coefficient (Wildman–Crippen LogP) is -0.336. The van der Waals surface area contributed by atoms with Gasteiger partial charge in [0.15, 0.2) is 5.69 Å². The molecular formula is C11H16N4O3. The first-order valence-corrected chi connectivity index (χ1v) is 5.78. The quantitative estimate of drug-likeness (QED) is 0.762. The first-order chi connectivity index (χ1) is 8.79. The maximum absolute atomic E-state index is 11.3. The van der Waals surface area contributed by atoms with Crippen molar-refractivity contribution >= 4 is 11.7 Å². The molecule has 0 spiro atoms. The van der Waals surface area contributed by atoms with E-state index in [9.17, 15) is 4.79 Å². The summed E-state index contributed by atoms with van der Waals surface area (Å²) in [6.07, 6.45) is 0.0270. The highest BCUT2D eigenvalue weighted by Gasteiger charge is 2.14. The van der Waals surface area contributed by atoms with E-state index < -0.39 is 0 Å². The van der Waals surface area contributed by atoms with Crippen molar-refractivity contribution in [1.82, 2.24) is 15.5 Å². The fourth-order valence-electron chi connectivity index (χ4n) is 1.55. The molecule has 98 valence electrons. The van der Waals surface area contributed by atoms with Crippen LogP contribution in [0.3, 0.4) is 0 Å². The third-order valence-corrected chi connectivity index (χ3v) is 2.52. The normalized spacial score (nSPS) is 19.3. The highest BCUT2D eigenvalue weighted by molar-refractivity contribution is 5.91. The van der Waals surface area contributed by atoms with Crippen LogP contribution in [0, 0.1) is 0 Å². The van der Waals surface area contributed by atoms with Crippen molar-refractivity contribution in [3.8, 4) is 0 Å². The topological polar surface area (TPSA) is 85.4 Å². The van der Waals surface area contributed by atoms with E-state index in [1.165, 1.54) is 0 Å². The summed E-state index contributed by atoms with van der Waals surface area (Å²) in [5, 5.41) is 13.3. The summed E-state index contributed by atoms with van der Waals surface area (Å²) in [4.78, 5) is 11.3. The standard InChI is InChI=1S/C11H16N4O3/c1-12-11(16)9-2-3-10(15-14-9)13-6-8-7-17-4-5-18-8/h2-3,8H,4-7H2,1H3,(H,12,16)(H,13,15). The van der Waals surface area contributed by atoms with Gasteiger partial charge in [-0.1, -0.05) is 0 Å². The summed E-state index contributed by atoms with van der Waals surface area (Å²) in [5.74, 6) is 0.356. The minimum atomic E-state index is -0.252. The van der Waals surface area contributed by atoms with E-state index in [-0.39, 0.29) is 12.0 Å². The van der Waals surface area contributed by atoms with Crippen molar-refractivity contribution in [3.05, 3.63) is 17.8 Å². The van der Waals surface area contributed by atoms with Gasteiger partial charge in [-0.15, -0.1) is 10.2 Å². The SMILES string of the molecule is CNC(=O)c1ccc(NCC2COCCO2)nn1. The Morgan fingerprint density at radius 3 is 2.94 bits per heavy atom. The number of nitrogens with zero attached hydrogens (tertiary/aromatic N) is 2. The van der Waals surface area contributed by atoms with Gasteiger partial charge in [0.2, 0.25) is 0 Å². The Kier molecular flexibility index (Phi) is 4.43. The van der Waals surface area contributed by atoms with E-state index in [1.54, 1.807) is 19.2 Å². The molecular weight excluding hydrogens is 236 g/mol. The third-order valence-electron chi connectivity index (χ3n) is 2.52. The van der Waals surface area contributed by atoms with Gasteiger partial charge in [-0.2, -0.15) is 0 Å². The van der Waals surface area contributed by atoms with Crippen molar-refractivity contribution in [2.45, 2.75) is 6.10 Å². The Labute approximate surface area is 105 Å². The lowest BCUT2D eigenvalue weighted by molar-refractivity contribution is -0.0819. The molecule has 7 nitrogen and oxygen atoms in total. The smallest absolute Gasteiger partial charge is 0.271 e. The molecule has 2 N–H and O–H groups in total. The van der Waals surface area contributed by atoms with Crippen LogP contribution in [-0.2, 0) is 9.47 Å². The van der Waals surface area contributed by atoms with Crippen molar-refractivity contribution in [2.24, 2.45) is 0 Å². The molecule has 7 heteroatoms. The molecule has 0 bridgehead atoms. The molecule has 2 heterocycles. The van der Waals surface area contributed by atoms with E-state index in [0.29, 0.717) is 37.9 Å². The molecule has 1 aromatic heterocycles. The second-order valence-electron chi connectivity index (χ2n) is 3.83. The number of ether oxygens (including phenoxy) is 2. The first-order valence-electron chi connectivity index (χ1n) is 5.78. The summed E-state index contributed by atoms with van der Waals surface area (Å²) < 4.78 is 10.8. The number of hydrogen-bond acceptors (Lipinski definition) is 6. The molecule has 2 rings (SSSR count). The van der Waals surface area contributed by atoms with Crippen molar-refractivity contribution < 1.29 is 14.3 Å². The maximum atomic E-state index is 11.3. The Balaban J connectivity index is 1.84. The van der Waals surface area contributed by atoms with Gasteiger partial charge in [-0.25, -0.2) is 0 Å². The molecule has 1 amide bonds. The van der Waals surface area contributed by atoms with Gasteiger partial charge in [0.1, 0.15) is 5.82 Å². The molecule has 1 atom stereocenters. The zero-order valence-corrected chi connectivity index (χ0v) is 10.2. The first kappa shape index (κ1) is 12.7.